The molecule has 33 heavy (non-hydrogen) atoms. The van der Waals surface area contributed by atoms with E-state index >= 15 is 0 Å². The number of benzene rings is 1. The first-order chi connectivity index (χ1) is 15.9. The van der Waals surface area contributed by atoms with Gasteiger partial charge in [-0.15, -0.1) is 11.3 Å². The monoisotopic (exact) mass is 493 g/mol. The Kier molecular flexibility index (Phi) is 9.50. The molecule has 1 aromatic heterocycles. The number of halogens is 1. The highest BCUT2D eigenvalue weighted by molar-refractivity contribution is 7.09. The van der Waals surface area contributed by atoms with Crippen LogP contribution < -0.4 is 15.4 Å². The van der Waals surface area contributed by atoms with Gasteiger partial charge in [-0.3, -0.25) is 14.4 Å². The van der Waals surface area contributed by atoms with Gasteiger partial charge in [0, 0.05) is 28.9 Å². The fourth-order valence-corrected chi connectivity index (χ4v) is 4.42. The van der Waals surface area contributed by atoms with Crippen LogP contribution in [0.25, 0.3) is 0 Å². The third kappa shape index (κ3) is 8.01. The Bertz CT molecular complexity index is 950. The van der Waals surface area contributed by atoms with Gasteiger partial charge in [0.25, 0.3) is 5.91 Å². The first-order valence-corrected chi connectivity index (χ1v) is 12.3. The van der Waals surface area contributed by atoms with Crippen molar-refractivity contribution in [1.82, 2.24) is 15.6 Å². The number of ether oxygens (including phenoxy) is 2. The molecule has 1 heterocycles. The van der Waals surface area contributed by atoms with Crippen LogP contribution in [-0.4, -0.2) is 41.5 Å². The SMILES string of the molecule is CCOC(=O)CCC(=O)NC1CCCCC1NC(=O)c1csc(COc2ccc(Cl)cc2)n1. The van der Waals surface area contributed by atoms with Crippen LogP contribution in [0.2, 0.25) is 5.02 Å². The lowest BCUT2D eigenvalue weighted by Gasteiger charge is -2.32. The molecule has 2 atom stereocenters. The number of nitrogens with zero attached hydrogens (tertiary/aromatic N) is 1. The zero-order chi connectivity index (χ0) is 23.6. The van der Waals surface area contributed by atoms with Crippen molar-refractivity contribution in [1.29, 1.82) is 0 Å². The van der Waals surface area contributed by atoms with Crippen LogP contribution in [0.3, 0.4) is 0 Å². The molecule has 0 saturated heterocycles. The van der Waals surface area contributed by atoms with Crippen molar-refractivity contribution in [3.8, 4) is 5.75 Å². The molecule has 0 radical (unpaired) electrons. The van der Waals surface area contributed by atoms with Crippen molar-refractivity contribution in [2.45, 2.75) is 64.1 Å². The first-order valence-electron chi connectivity index (χ1n) is 11.0. The van der Waals surface area contributed by atoms with E-state index in [9.17, 15) is 14.4 Å². The molecule has 0 aliphatic heterocycles. The van der Waals surface area contributed by atoms with E-state index in [1.54, 1.807) is 36.6 Å². The molecule has 1 saturated carbocycles. The lowest BCUT2D eigenvalue weighted by molar-refractivity contribution is -0.144. The summed E-state index contributed by atoms with van der Waals surface area (Å²) in [5.74, 6) is -0.212. The molecule has 0 bridgehead atoms. The van der Waals surface area contributed by atoms with Crippen LogP contribution in [0.1, 0.15) is 60.9 Å². The average molecular weight is 494 g/mol. The molecule has 10 heteroatoms. The van der Waals surface area contributed by atoms with Gasteiger partial charge < -0.3 is 20.1 Å². The number of esters is 1. The number of thiazole rings is 1. The summed E-state index contributed by atoms with van der Waals surface area (Å²) < 4.78 is 10.5. The largest absolute Gasteiger partial charge is 0.486 e. The van der Waals surface area contributed by atoms with Crippen LogP contribution in [0, 0.1) is 0 Å². The highest BCUT2D eigenvalue weighted by Crippen LogP contribution is 2.21. The maximum absolute atomic E-state index is 12.8. The molecular weight excluding hydrogens is 466 g/mol. The van der Waals surface area contributed by atoms with Gasteiger partial charge in [0.05, 0.1) is 13.0 Å². The summed E-state index contributed by atoms with van der Waals surface area (Å²) in [6.45, 7) is 2.27. The molecule has 8 nitrogen and oxygen atoms in total. The van der Waals surface area contributed by atoms with Gasteiger partial charge in [0.1, 0.15) is 23.1 Å². The minimum atomic E-state index is -0.388. The minimum Gasteiger partial charge on any atom is -0.486 e. The third-order valence-electron chi connectivity index (χ3n) is 5.25. The van der Waals surface area contributed by atoms with Crippen molar-refractivity contribution in [3.05, 3.63) is 45.4 Å². The lowest BCUT2D eigenvalue weighted by atomic mass is 9.90. The molecule has 2 aromatic rings. The summed E-state index contributed by atoms with van der Waals surface area (Å²) in [5, 5.41) is 8.99. The zero-order valence-electron chi connectivity index (χ0n) is 18.5. The van der Waals surface area contributed by atoms with Gasteiger partial charge in [-0.05, 0) is 44.0 Å². The molecule has 1 fully saturated rings. The quantitative estimate of drug-likeness (QED) is 0.486. The molecular formula is C23H28ClN3O5S. The Morgan fingerprint density at radius 3 is 2.48 bits per heavy atom. The fourth-order valence-electron chi connectivity index (χ4n) is 3.60. The number of nitrogens with one attached hydrogen (secondary N) is 2. The van der Waals surface area contributed by atoms with Crippen molar-refractivity contribution in [2.75, 3.05) is 6.61 Å². The number of hydrogen-bond donors (Lipinski definition) is 2. The molecule has 2 amide bonds. The summed E-state index contributed by atoms with van der Waals surface area (Å²) in [6, 6.07) is 6.67. The van der Waals surface area contributed by atoms with Crippen molar-refractivity contribution in [2.24, 2.45) is 0 Å². The van der Waals surface area contributed by atoms with Crippen molar-refractivity contribution in [3.63, 3.8) is 0 Å². The van der Waals surface area contributed by atoms with Gasteiger partial charge in [-0.25, -0.2) is 4.98 Å². The maximum Gasteiger partial charge on any atom is 0.306 e. The second-order valence-electron chi connectivity index (χ2n) is 7.71. The van der Waals surface area contributed by atoms with Crippen LogP contribution >= 0.6 is 22.9 Å². The number of rotatable bonds is 10. The smallest absolute Gasteiger partial charge is 0.306 e. The van der Waals surface area contributed by atoms with E-state index in [1.807, 2.05) is 0 Å². The van der Waals surface area contributed by atoms with E-state index in [0.717, 1.165) is 25.7 Å². The van der Waals surface area contributed by atoms with E-state index in [0.29, 0.717) is 28.1 Å². The fraction of sp³-hybridized carbons (Fsp3) is 0.478. The van der Waals surface area contributed by atoms with Crippen LogP contribution in [0.15, 0.2) is 29.6 Å². The number of hydrogen-bond acceptors (Lipinski definition) is 7. The number of carbonyl (C=O) groups excluding carboxylic acids is 3. The molecule has 1 aliphatic carbocycles. The number of carbonyl (C=O) groups is 3. The Morgan fingerprint density at radius 2 is 1.79 bits per heavy atom. The van der Waals surface area contributed by atoms with Crippen LogP contribution in [0.5, 0.6) is 5.75 Å². The molecule has 1 aromatic carbocycles. The first kappa shape index (κ1) is 25.0. The van der Waals surface area contributed by atoms with Crippen LogP contribution in [0.4, 0.5) is 0 Å². The number of amides is 2. The average Bonchev–Trinajstić information content (AvgIpc) is 3.28. The lowest BCUT2D eigenvalue weighted by Crippen LogP contribution is -2.53. The number of aromatic nitrogens is 1. The summed E-state index contributed by atoms with van der Waals surface area (Å²) in [4.78, 5) is 40.9. The van der Waals surface area contributed by atoms with Gasteiger partial charge >= 0.3 is 5.97 Å². The Balaban J connectivity index is 1.49. The van der Waals surface area contributed by atoms with E-state index in [1.165, 1.54) is 11.3 Å². The third-order valence-corrected chi connectivity index (χ3v) is 6.32. The second-order valence-corrected chi connectivity index (χ2v) is 9.09. The van der Waals surface area contributed by atoms with E-state index in [2.05, 4.69) is 15.6 Å². The second kappa shape index (κ2) is 12.6. The standard InChI is InChI=1S/C23H28ClN3O5S/c1-2-31-22(29)12-11-20(28)25-17-5-3-4-6-18(17)27-23(30)19-14-33-21(26-19)13-32-16-9-7-15(24)8-10-16/h7-10,14,17-18H,2-6,11-13H2,1H3,(H,25,28)(H,27,30). The van der Waals surface area contributed by atoms with Gasteiger partial charge in [-0.2, -0.15) is 0 Å². The summed E-state index contributed by atoms with van der Waals surface area (Å²) in [6.07, 6.45) is 3.59. The van der Waals surface area contributed by atoms with E-state index < -0.39 is 0 Å². The predicted molar refractivity (Wildman–Crippen MR) is 125 cm³/mol. The molecule has 3 rings (SSSR count). The summed E-state index contributed by atoms with van der Waals surface area (Å²) in [7, 11) is 0. The molecule has 2 N–H and O–H groups in total. The van der Waals surface area contributed by atoms with E-state index in [-0.39, 0.29) is 49.3 Å². The molecule has 178 valence electrons. The van der Waals surface area contributed by atoms with Crippen LogP contribution in [-0.2, 0) is 20.9 Å². The summed E-state index contributed by atoms with van der Waals surface area (Å²) in [5.41, 5.74) is 0.327. The highest BCUT2D eigenvalue weighted by atomic mass is 35.5. The van der Waals surface area contributed by atoms with Gasteiger partial charge in [0.2, 0.25) is 5.91 Å². The molecule has 2 unspecified atom stereocenters. The van der Waals surface area contributed by atoms with Gasteiger partial charge in [0.15, 0.2) is 0 Å². The molecule has 0 spiro atoms. The minimum absolute atomic E-state index is 0.0448. The maximum atomic E-state index is 12.8. The Hall–Kier alpha value is -2.65. The van der Waals surface area contributed by atoms with Crippen molar-refractivity contribution >= 4 is 40.7 Å². The van der Waals surface area contributed by atoms with Gasteiger partial charge in [-0.1, -0.05) is 24.4 Å². The Morgan fingerprint density at radius 1 is 1.09 bits per heavy atom. The summed E-state index contributed by atoms with van der Waals surface area (Å²) >= 11 is 7.22. The van der Waals surface area contributed by atoms with E-state index in [4.69, 9.17) is 21.1 Å². The highest BCUT2D eigenvalue weighted by Gasteiger charge is 2.28. The predicted octanol–water partition coefficient (Wildman–Crippen LogP) is 3.88. The topological polar surface area (TPSA) is 107 Å². The zero-order valence-corrected chi connectivity index (χ0v) is 20.0. The van der Waals surface area contributed by atoms with Crippen molar-refractivity contribution < 1.29 is 23.9 Å². The molecule has 1 aliphatic rings. The normalized spacial score (nSPS) is 17.8. The Labute approximate surface area is 202 Å².